The van der Waals surface area contributed by atoms with Gasteiger partial charge in [0.2, 0.25) is 0 Å². The zero-order valence-electron chi connectivity index (χ0n) is 12.1. The van der Waals surface area contributed by atoms with Crippen LogP contribution in [0.5, 0.6) is 0 Å². The molecule has 2 N–H and O–H groups in total. The fraction of sp³-hybridized carbons (Fsp3) is 0.222. The summed E-state index contributed by atoms with van der Waals surface area (Å²) in [5.74, 6) is -0.191. The molecule has 0 aliphatic heterocycles. The zero-order chi connectivity index (χ0) is 14.8. The Balaban J connectivity index is 1.90. The smallest absolute Gasteiger partial charge is 0.123 e. The summed E-state index contributed by atoms with van der Waals surface area (Å²) in [6.07, 6.45) is 2.93. The molecule has 0 fully saturated rings. The van der Waals surface area contributed by atoms with Crippen molar-refractivity contribution in [1.82, 2.24) is 4.57 Å². The number of nitrogens with zero attached hydrogens (tertiary/aromatic N) is 1. The van der Waals surface area contributed by atoms with Crippen molar-refractivity contribution in [3.63, 3.8) is 0 Å². The molecule has 1 unspecified atom stereocenters. The van der Waals surface area contributed by atoms with Crippen molar-refractivity contribution in [2.24, 2.45) is 5.73 Å². The van der Waals surface area contributed by atoms with Crippen LogP contribution in [0.3, 0.4) is 0 Å². The number of halogens is 1. The summed E-state index contributed by atoms with van der Waals surface area (Å²) >= 11 is 0. The van der Waals surface area contributed by atoms with E-state index in [1.165, 1.54) is 17.0 Å². The van der Waals surface area contributed by atoms with Crippen LogP contribution in [0, 0.1) is 5.82 Å². The highest BCUT2D eigenvalue weighted by molar-refractivity contribution is 5.81. The second-order valence-corrected chi connectivity index (χ2v) is 5.65. The molecule has 108 valence electrons. The molecule has 3 rings (SSSR count). The Kier molecular flexibility index (Phi) is 3.76. The van der Waals surface area contributed by atoms with Gasteiger partial charge in [-0.1, -0.05) is 18.2 Å². The zero-order valence-corrected chi connectivity index (χ0v) is 12.1. The molecule has 0 aliphatic rings. The number of rotatable bonds is 4. The highest BCUT2D eigenvalue weighted by atomic mass is 19.1. The molecule has 0 spiro atoms. The number of nitrogens with two attached hydrogens (primary N) is 1. The third-order valence-corrected chi connectivity index (χ3v) is 3.64. The standard InChI is InChI=1S/C18H19FN2/c1-13(20)9-14-5-6-18-16(10-14)7-8-21(18)12-15-3-2-4-17(19)11-15/h2-8,10-11,13H,9,12,20H2,1H3. The SMILES string of the molecule is CC(N)Cc1ccc2c(ccn2Cc2cccc(F)c2)c1. The summed E-state index contributed by atoms with van der Waals surface area (Å²) in [4.78, 5) is 0. The van der Waals surface area contributed by atoms with Gasteiger partial charge in [0.05, 0.1) is 0 Å². The van der Waals surface area contributed by atoms with Crippen LogP contribution in [0.1, 0.15) is 18.1 Å². The topological polar surface area (TPSA) is 30.9 Å². The van der Waals surface area contributed by atoms with Gasteiger partial charge in [-0.3, -0.25) is 0 Å². The van der Waals surface area contributed by atoms with Crippen molar-refractivity contribution in [2.45, 2.75) is 25.9 Å². The number of aromatic nitrogens is 1. The van der Waals surface area contributed by atoms with Crippen LogP contribution in [-0.2, 0) is 13.0 Å². The van der Waals surface area contributed by atoms with Crippen molar-refractivity contribution in [3.8, 4) is 0 Å². The third kappa shape index (κ3) is 3.14. The minimum atomic E-state index is -0.191. The molecule has 0 saturated carbocycles. The molecular weight excluding hydrogens is 263 g/mol. The van der Waals surface area contributed by atoms with Gasteiger partial charge in [-0.05, 0) is 60.2 Å². The van der Waals surface area contributed by atoms with Crippen LogP contribution in [0.2, 0.25) is 0 Å². The number of hydrogen-bond donors (Lipinski definition) is 1. The molecule has 1 atom stereocenters. The van der Waals surface area contributed by atoms with Gasteiger partial charge in [0, 0.05) is 24.3 Å². The average Bonchev–Trinajstić information content (AvgIpc) is 2.81. The van der Waals surface area contributed by atoms with E-state index in [-0.39, 0.29) is 11.9 Å². The fourth-order valence-corrected chi connectivity index (χ4v) is 2.72. The minimum absolute atomic E-state index is 0.164. The quantitative estimate of drug-likeness (QED) is 0.777. The van der Waals surface area contributed by atoms with Crippen LogP contribution in [-0.4, -0.2) is 10.6 Å². The van der Waals surface area contributed by atoms with E-state index in [1.807, 2.05) is 19.2 Å². The lowest BCUT2D eigenvalue weighted by molar-refractivity contribution is 0.624. The summed E-state index contributed by atoms with van der Waals surface area (Å²) in [5.41, 5.74) is 9.23. The predicted molar refractivity (Wildman–Crippen MR) is 84.8 cm³/mol. The monoisotopic (exact) mass is 282 g/mol. The van der Waals surface area contributed by atoms with Gasteiger partial charge in [-0.15, -0.1) is 0 Å². The van der Waals surface area contributed by atoms with Crippen LogP contribution in [0.4, 0.5) is 4.39 Å². The van der Waals surface area contributed by atoms with Gasteiger partial charge >= 0.3 is 0 Å². The number of benzene rings is 2. The number of hydrogen-bond acceptors (Lipinski definition) is 1. The summed E-state index contributed by atoms with van der Waals surface area (Å²) < 4.78 is 15.4. The Hall–Kier alpha value is -2.13. The maximum Gasteiger partial charge on any atom is 0.123 e. The molecule has 2 aromatic carbocycles. The van der Waals surface area contributed by atoms with Crippen LogP contribution in [0.15, 0.2) is 54.7 Å². The summed E-state index contributed by atoms with van der Waals surface area (Å²) in [6, 6.07) is 15.4. The highest BCUT2D eigenvalue weighted by Crippen LogP contribution is 2.20. The van der Waals surface area contributed by atoms with Gasteiger partial charge < -0.3 is 10.3 Å². The minimum Gasteiger partial charge on any atom is -0.343 e. The molecule has 0 aliphatic carbocycles. The molecule has 21 heavy (non-hydrogen) atoms. The molecule has 0 radical (unpaired) electrons. The first-order chi connectivity index (χ1) is 10.1. The molecule has 1 heterocycles. The van der Waals surface area contributed by atoms with Crippen molar-refractivity contribution < 1.29 is 4.39 Å². The summed E-state index contributed by atoms with van der Waals surface area (Å²) in [6.45, 7) is 2.69. The molecule has 1 aromatic heterocycles. The lowest BCUT2D eigenvalue weighted by atomic mass is 10.1. The second-order valence-electron chi connectivity index (χ2n) is 5.65. The lowest BCUT2D eigenvalue weighted by Crippen LogP contribution is -2.17. The molecule has 0 bridgehead atoms. The van der Waals surface area contributed by atoms with E-state index in [9.17, 15) is 4.39 Å². The van der Waals surface area contributed by atoms with Crippen molar-refractivity contribution in [1.29, 1.82) is 0 Å². The first kappa shape index (κ1) is 13.8. The maximum atomic E-state index is 13.3. The fourth-order valence-electron chi connectivity index (χ4n) is 2.72. The Morgan fingerprint density at radius 1 is 1.10 bits per heavy atom. The van der Waals surface area contributed by atoms with E-state index in [0.29, 0.717) is 6.54 Å². The molecular formula is C18H19FN2. The van der Waals surface area contributed by atoms with E-state index < -0.39 is 0 Å². The van der Waals surface area contributed by atoms with Crippen LogP contribution < -0.4 is 5.73 Å². The van der Waals surface area contributed by atoms with E-state index in [2.05, 4.69) is 28.8 Å². The highest BCUT2D eigenvalue weighted by Gasteiger charge is 2.05. The average molecular weight is 282 g/mol. The van der Waals surface area contributed by atoms with E-state index in [0.717, 1.165) is 17.5 Å². The van der Waals surface area contributed by atoms with Crippen molar-refractivity contribution >= 4 is 10.9 Å². The Bertz CT molecular complexity index is 759. The van der Waals surface area contributed by atoms with Gasteiger partial charge in [0.25, 0.3) is 0 Å². The molecule has 0 saturated heterocycles. The van der Waals surface area contributed by atoms with Crippen LogP contribution in [0.25, 0.3) is 10.9 Å². The Labute approximate surface area is 124 Å². The normalized spacial score (nSPS) is 12.7. The Morgan fingerprint density at radius 3 is 2.71 bits per heavy atom. The lowest BCUT2D eigenvalue weighted by Gasteiger charge is -2.08. The van der Waals surface area contributed by atoms with E-state index >= 15 is 0 Å². The molecule has 3 heteroatoms. The van der Waals surface area contributed by atoms with Gasteiger partial charge in [-0.25, -0.2) is 4.39 Å². The molecule has 3 aromatic rings. The Morgan fingerprint density at radius 2 is 1.95 bits per heavy atom. The molecule has 2 nitrogen and oxygen atoms in total. The first-order valence-electron chi connectivity index (χ1n) is 7.19. The first-order valence-corrected chi connectivity index (χ1v) is 7.19. The van der Waals surface area contributed by atoms with Crippen molar-refractivity contribution in [2.75, 3.05) is 0 Å². The number of fused-ring (bicyclic) bond motifs is 1. The largest absolute Gasteiger partial charge is 0.343 e. The second kappa shape index (κ2) is 5.70. The van der Waals surface area contributed by atoms with Gasteiger partial charge in [-0.2, -0.15) is 0 Å². The molecule has 0 amide bonds. The maximum absolute atomic E-state index is 13.3. The summed E-state index contributed by atoms with van der Waals surface area (Å²) in [5, 5.41) is 1.20. The van der Waals surface area contributed by atoms with Crippen molar-refractivity contribution in [3.05, 3.63) is 71.7 Å². The third-order valence-electron chi connectivity index (χ3n) is 3.64. The van der Waals surface area contributed by atoms with Crippen LogP contribution >= 0.6 is 0 Å². The van der Waals surface area contributed by atoms with Gasteiger partial charge in [0.15, 0.2) is 0 Å². The summed E-state index contributed by atoms with van der Waals surface area (Å²) in [7, 11) is 0. The predicted octanol–water partition coefficient (Wildman–Crippen LogP) is 3.72. The van der Waals surface area contributed by atoms with E-state index in [4.69, 9.17) is 5.73 Å². The van der Waals surface area contributed by atoms with Gasteiger partial charge in [0.1, 0.15) is 5.82 Å². The van der Waals surface area contributed by atoms with E-state index in [1.54, 1.807) is 12.1 Å².